The molecule has 0 fully saturated rings. The highest BCUT2D eigenvalue weighted by Gasteiger charge is 2.17. The SMILES string of the molecule is Cc1ncc(-c2ccc(C(=O)N(C)C)cc2)nc1-c1nnc(-c2cccc(F)c2)o1.[HH]. The lowest BCUT2D eigenvalue weighted by Gasteiger charge is -2.10. The Morgan fingerprint density at radius 1 is 1.03 bits per heavy atom. The number of nitrogens with zero attached hydrogens (tertiary/aromatic N) is 5. The molecule has 0 atom stereocenters. The minimum Gasteiger partial charge on any atom is -0.415 e. The molecule has 4 rings (SSSR count). The molecule has 0 aliphatic carbocycles. The van der Waals surface area contributed by atoms with Gasteiger partial charge in [-0.1, -0.05) is 18.2 Å². The zero-order valence-corrected chi connectivity index (χ0v) is 16.6. The number of rotatable bonds is 4. The van der Waals surface area contributed by atoms with Crippen molar-refractivity contribution in [1.29, 1.82) is 0 Å². The summed E-state index contributed by atoms with van der Waals surface area (Å²) in [6.45, 7) is 1.79. The first kappa shape index (κ1) is 19.4. The van der Waals surface area contributed by atoms with Gasteiger partial charge in [-0.05, 0) is 37.3 Å². The van der Waals surface area contributed by atoms with Crippen molar-refractivity contribution in [2.24, 2.45) is 0 Å². The Morgan fingerprint density at radius 2 is 1.77 bits per heavy atom. The molecule has 0 aliphatic rings. The van der Waals surface area contributed by atoms with E-state index in [-0.39, 0.29) is 24.9 Å². The van der Waals surface area contributed by atoms with Crippen molar-refractivity contribution in [1.82, 2.24) is 25.1 Å². The molecule has 1 amide bonds. The maximum Gasteiger partial charge on any atom is 0.268 e. The zero-order valence-electron chi connectivity index (χ0n) is 16.6. The van der Waals surface area contributed by atoms with Crippen LogP contribution in [0.2, 0.25) is 0 Å². The molecule has 0 bridgehead atoms. The predicted octanol–water partition coefficient (Wildman–Crippen LogP) is 4.26. The van der Waals surface area contributed by atoms with Gasteiger partial charge in [0.2, 0.25) is 5.89 Å². The number of halogens is 1. The minimum absolute atomic E-state index is 0. The third-order valence-corrected chi connectivity index (χ3v) is 4.49. The van der Waals surface area contributed by atoms with E-state index in [1.807, 2.05) is 12.1 Å². The molecule has 4 aromatic rings. The number of aromatic nitrogens is 4. The topological polar surface area (TPSA) is 85.0 Å². The van der Waals surface area contributed by atoms with E-state index in [9.17, 15) is 9.18 Å². The second-order valence-corrected chi connectivity index (χ2v) is 6.89. The van der Waals surface area contributed by atoms with Crippen molar-refractivity contribution in [2.45, 2.75) is 6.92 Å². The summed E-state index contributed by atoms with van der Waals surface area (Å²) >= 11 is 0. The van der Waals surface area contributed by atoms with Crippen LogP contribution in [0, 0.1) is 12.7 Å². The van der Waals surface area contributed by atoms with Gasteiger partial charge >= 0.3 is 0 Å². The number of carbonyl (C=O) groups is 1. The number of benzene rings is 2. The first-order chi connectivity index (χ1) is 14.4. The van der Waals surface area contributed by atoms with Crippen LogP contribution in [0.5, 0.6) is 0 Å². The van der Waals surface area contributed by atoms with Gasteiger partial charge < -0.3 is 9.32 Å². The molecule has 2 aromatic carbocycles. The molecule has 0 saturated heterocycles. The van der Waals surface area contributed by atoms with Crippen LogP contribution >= 0.6 is 0 Å². The summed E-state index contributed by atoms with van der Waals surface area (Å²) in [5.41, 5.74) is 3.52. The smallest absolute Gasteiger partial charge is 0.268 e. The standard InChI is InChI=1S/C22H18FN5O2.H2/c1-13-19(21-27-26-20(30-21)16-5-4-6-17(23)11-16)25-18(12-24-13)14-7-9-15(10-8-14)22(29)28(2)3;/h4-12H,1-3H3;1H. The Labute approximate surface area is 173 Å². The van der Waals surface area contributed by atoms with Crippen LogP contribution in [-0.4, -0.2) is 45.1 Å². The molecule has 8 heteroatoms. The van der Waals surface area contributed by atoms with E-state index >= 15 is 0 Å². The number of hydrogen-bond donors (Lipinski definition) is 0. The van der Waals surface area contributed by atoms with E-state index in [1.165, 1.54) is 17.0 Å². The van der Waals surface area contributed by atoms with Gasteiger partial charge in [0.15, 0.2) is 0 Å². The van der Waals surface area contributed by atoms with Gasteiger partial charge in [0.05, 0.1) is 17.6 Å². The Balaban J connectivity index is 0.00000272. The summed E-state index contributed by atoms with van der Waals surface area (Å²) in [7, 11) is 3.41. The molecule has 30 heavy (non-hydrogen) atoms. The molecule has 7 nitrogen and oxygen atoms in total. The fourth-order valence-electron chi connectivity index (χ4n) is 2.89. The minimum atomic E-state index is -0.388. The third-order valence-electron chi connectivity index (χ3n) is 4.49. The second-order valence-electron chi connectivity index (χ2n) is 6.89. The van der Waals surface area contributed by atoms with Crippen LogP contribution in [0.4, 0.5) is 4.39 Å². The summed E-state index contributed by atoms with van der Waals surface area (Å²) in [4.78, 5) is 22.6. The summed E-state index contributed by atoms with van der Waals surface area (Å²) in [5, 5.41) is 8.05. The van der Waals surface area contributed by atoms with E-state index in [1.54, 1.807) is 51.5 Å². The van der Waals surface area contributed by atoms with E-state index < -0.39 is 0 Å². The molecule has 2 heterocycles. The van der Waals surface area contributed by atoms with Gasteiger partial charge in [0, 0.05) is 32.2 Å². The van der Waals surface area contributed by atoms with Gasteiger partial charge in [-0.15, -0.1) is 10.2 Å². The third kappa shape index (κ3) is 3.80. The molecule has 0 unspecified atom stereocenters. The van der Waals surface area contributed by atoms with Crippen molar-refractivity contribution in [3.8, 4) is 34.3 Å². The number of hydrogen-bond acceptors (Lipinski definition) is 6. The van der Waals surface area contributed by atoms with Crippen LogP contribution in [0.25, 0.3) is 34.3 Å². The molecule has 152 valence electrons. The first-order valence-corrected chi connectivity index (χ1v) is 9.18. The van der Waals surface area contributed by atoms with Crippen molar-refractivity contribution in [3.05, 3.63) is 71.8 Å². The highest BCUT2D eigenvalue weighted by molar-refractivity contribution is 5.94. The Bertz CT molecular complexity index is 1220. The second kappa shape index (κ2) is 7.82. The number of carbonyl (C=O) groups excluding carboxylic acids is 1. The lowest BCUT2D eigenvalue weighted by Crippen LogP contribution is -2.21. The van der Waals surface area contributed by atoms with Crippen LogP contribution in [-0.2, 0) is 0 Å². The van der Waals surface area contributed by atoms with E-state index in [4.69, 9.17) is 4.42 Å². The average molecular weight is 405 g/mol. The summed E-state index contributed by atoms with van der Waals surface area (Å²) < 4.78 is 19.2. The lowest BCUT2D eigenvalue weighted by molar-refractivity contribution is 0.0827. The van der Waals surface area contributed by atoms with Crippen molar-refractivity contribution < 1.29 is 15.0 Å². The van der Waals surface area contributed by atoms with E-state index in [0.29, 0.717) is 28.2 Å². The van der Waals surface area contributed by atoms with Crippen molar-refractivity contribution >= 4 is 5.91 Å². The highest BCUT2D eigenvalue weighted by atomic mass is 19.1. The maximum atomic E-state index is 13.5. The quantitative estimate of drug-likeness (QED) is 0.504. The van der Waals surface area contributed by atoms with Gasteiger partial charge in [0.1, 0.15) is 11.5 Å². The summed E-state index contributed by atoms with van der Waals surface area (Å²) in [5.74, 6) is -0.0717. The molecule has 0 aliphatic heterocycles. The van der Waals surface area contributed by atoms with Crippen LogP contribution in [0.3, 0.4) is 0 Å². The first-order valence-electron chi connectivity index (χ1n) is 9.18. The fourth-order valence-corrected chi connectivity index (χ4v) is 2.89. The molecular weight excluding hydrogens is 385 g/mol. The predicted molar refractivity (Wildman–Crippen MR) is 111 cm³/mol. The fraction of sp³-hybridized carbons (Fsp3) is 0.136. The molecule has 0 saturated carbocycles. The van der Waals surface area contributed by atoms with Gasteiger partial charge in [-0.25, -0.2) is 9.37 Å². The largest absolute Gasteiger partial charge is 0.415 e. The van der Waals surface area contributed by atoms with Crippen molar-refractivity contribution in [2.75, 3.05) is 14.1 Å². The van der Waals surface area contributed by atoms with Gasteiger partial charge in [-0.3, -0.25) is 9.78 Å². The average Bonchev–Trinajstić information content (AvgIpc) is 3.24. The lowest BCUT2D eigenvalue weighted by atomic mass is 10.1. The maximum absolute atomic E-state index is 13.5. The summed E-state index contributed by atoms with van der Waals surface area (Å²) in [6.07, 6.45) is 1.64. The van der Waals surface area contributed by atoms with Crippen molar-refractivity contribution in [3.63, 3.8) is 0 Å². The van der Waals surface area contributed by atoms with E-state index in [0.717, 1.165) is 5.56 Å². The highest BCUT2D eigenvalue weighted by Crippen LogP contribution is 2.27. The molecule has 0 spiro atoms. The molecule has 0 radical (unpaired) electrons. The molecule has 0 N–H and O–H groups in total. The normalized spacial score (nSPS) is 10.8. The molecule has 2 aromatic heterocycles. The molecular formula is C22H20FN5O2. The number of aryl methyl sites for hydroxylation is 1. The Hall–Kier alpha value is -3.94. The van der Waals surface area contributed by atoms with Gasteiger partial charge in [-0.2, -0.15) is 0 Å². The van der Waals surface area contributed by atoms with E-state index in [2.05, 4.69) is 20.2 Å². The van der Waals surface area contributed by atoms with Gasteiger partial charge in [0.25, 0.3) is 11.8 Å². The number of amides is 1. The summed E-state index contributed by atoms with van der Waals surface area (Å²) in [6, 6.07) is 13.0. The zero-order chi connectivity index (χ0) is 21.3. The van der Waals surface area contributed by atoms with Crippen LogP contribution in [0.15, 0.2) is 59.1 Å². The monoisotopic (exact) mass is 405 g/mol. The van der Waals surface area contributed by atoms with Crippen LogP contribution < -0.4 is 0 Å². The Kier molecular flexibility index (Phi) is 5.05. The Morgan fingerprint density at radius 3 is 2.47 bits per heavy atom. The van der Waals surface area contributed by atoms with Crippen LogP contribution in [0.1, 0.15) is 17.5 Å².